The molecule has 0 aliphatic carbocycles. The lowest BCUT2D eigenvalue weighted by atomic mass is 9.98. The minimum absolute atomic E-state index is 0.0549. The largest absolute Gasteiger partial charge is 0.481 e. The Balaban J connectivity index is 2.11. The van der Waals surface area contributed by atoms with Crippen molar-refractivity contribution < 1.29 is 19.2 Å². The first-order valence-corrected chi connectivity index (χ1v) is 6.94. The summed E-state index contributed by atoms with van der Waals surface area (Å²) < 4.78 is 4.91. The Morgan fingerprint density at radius 3 is 2.64 bits per heavy atom. The van der Waals surface area contributed by atoms with E-state index in [4.69, 9.17) is 9.63 Å². The van der Waals surface area contributed by atoms with Gasteiger partial charge >= 0.3 is 5.97 Å². The molecular formula is C16H18N2O4. The van der Waals surface area contributed by atoms with Crippen molar-refractivity contribution in [2.24, 2.45) is 0 Å². The molecule has 0 fully saturated rings. The molecule has 1 aromatic heterocycles. The molecule has 0 aliphatic heterocycles. The molecule has 1 heterocycles. The highest BCUT2D eigenvalue weighted by molar-refractivity contribution is 5.79. The Morgan fingerprint density at radius 2 is 2.05 bits per heavy atom. The third-order valence-corrected chi connectivity index (χ3v) is 3.30. The second-order valence-electron chi connectivity index (χ2n) is 5.18. The van der Waals surface area contributed by atoms with Crippen molar-refractivity contribution in [3.8, 4) is 0 Å². The molecule has 2 N–H and O–H groups in total. The molecule has 2 aromatic rings. The standard InChI is InChI=1S/C16H18N2O4/c1-10-5-3-4-6-13(10)14(9-16(20)21)17-15(19)8-12-7-11(2)22-18-12/h3-7,14H,8-9H2,1-2H3,(H,17,19)(H,20,21). The fourth-order valence-electron chi connectivity index (χ4n) is 2.30. The number of aliphatic carboxylic acids is 1. The Kier molecular flexibility index (Phi) is 4.93. The van der Waals surface area contributed by atoms with E-state index in [0.717, 1.165) is 11.1 Å². The van der Waals surface area contributed by atoms with Gasteiger partial charge in [0.25, 0.3) is 0 Å². The molecule has 22 heavy (non-hydrogen) atoms. The number of nitrogens with zero attached hydrogens (tertiary/aromatic N) is 1. The maximum atomic E-state index is 12.1. The molecule has 0 saturated carbocycles. The molecule has 1 aromatic carbocycles. The number of benzene rings is 1. The smallest absolute Gasteiger partial charge is 0.305 e. The Hall–Kier alpha value is -2.63. The van der Waals surface area contributed by atoms with Crippen molar-refractivity contribution in [3.63, 3.8) is 0 Å². The van der Waals surface area contributed by atoms with Crippen molar-refractivity contribution in [2.75, 3.05) is 0 Å². The number of nitrogens with one attached hydrogen (secondary N) is 1. The summed E-state index contributed by atoms with van der Waals surface area (Å²) >= 11 is 0. The Morgan fingerprint density at radius 1 is 1.32 bits per heavy atom. The van der Waals surface area contributed by atoms with Crippen LogP contribution < -0.4 is 5.32 Å². The number of aryl methyl sites for hydroxylation is 2. The van der Waals surface area contributed by atoms with E-state index in [0.29, 0.717) is 11.5 Å². The third-order valence-electron chi connectivity index (χ3n) is 3.30. The predicted octanol–water partition coefficient (Wildman–Crippen LogP) is 2.17. The lowest BCUT2D eigenvalue weighted by Gasteiger charge is -2.19. The van der Waals surface area contributed by atoms with Gasteiger partial charge in [-0.1, -0.05) is 29.4 Å². The average Bonchev–Trinajstić information content (AvgIpc) is 2.83. The van der Waals surface area contributed by atoms with Gasteiger partial charge in [0.15, 0.2) is 0 Å². The molecule has 6 heteroatoms. The highest BCUT2D eigenvalue weighted by Crippen LogP contribution is 2.21. The topological polar surface area (TPSA) is 92.4 Å². The van der Waals surface area contributed by atoms with E-state index < -0.39 is 12.0 Å². The second kappa shape index (κ2) is 6.89. The number of rotatable bonds is 6. The molecule has 1 atom stereocenters. The first-order valence-electron chi connectivity index (χ1n) is 6.94. The summed E-state index contributed by atoms with van der Waals surface area (Å²) in [6, 6.07) is 8.51. The molecule has 1 amide bonds. The van der Waals surface area contributed by atoms with Gasteiger partial charge in [-0.2, -0.15) is 0 Å². The summed E-state index contributed by atoms with van der Waals surface area (Å²) in [4.78, 5) is 23.2. The van der Waals surface area contributed by atoms with Crippen LogP contribution in [-0.2, 0) is 16.0 Å². The van der Waals surface area contributed by atoms with Gasteiger partial charge in [0, 0.05) is 6.07 Å². The fourth-order valence-corrected chi connectivity index (χ4v) is 2.30. The van der Waals surface area contributed by atoms with Crippen molar-refractivity contribution in [1.82, 2.24) is 10.5 Å². The molecular weight excluding hydrogens is 284 g/mol. The molecule has 2 rings (SSSR count). The molecule has 0 aliphatic rings. The quantitative estimate of drug-likeness (QED) is 0.853. The van der Waals surface area contributed by atoms with Crippen LogP contribution in [0.4, 0.5) is 0 Å². The Labute approximate surface area is 128 Å². The van der Waals surface area contributed by atoms with Crippen LogP contribution in [0.15, 0.2) is 34.9 Å². The number of carboxylic acid groups (broad SMARTS) is 1. The zero-order valence-corrected chi connectivity index (χ0v) is 12.5. The van der Waals surface area contributed by atoms with Crippen LogP contribution in [0.1, 0.15) is 35.0 Å². The van der Waals surface area contributed by atoms with E-state index in [2.05, 4.69) is 10.5 Å². The highest BCUT2D eigenvalue weighted by Gasteiger charge is 2.20. The minimum atomic E-state index is -0.967. The van der Waals surface area contributed by atoms with E-state index in [1.165, 1.54) is 0 Å². The van der Waals surface area contributed by atoms with Crippen LogP contribution in [0, 0.1) is 13.8 Å². The maximum Gasteiger partial charge on any atom is 0.305 e. The summed E-state index contributed by atoms with van der Waals surface area (Å²) in [7, 11) is 0. The summed E-state index contributed by atoms with van der Waals surface area (Å²) in [6.07, 6.45) is -0.117. The SMILES string of the molecule is Cc1cc(CC(=O)NC(CC(=O)O)c2ccccc2C)no1. The summed E-state index contributed by atoms with van der Waals surface area (Å²) in [6.45, 7) is 3.63. The van der Waals surface area contributed by atoms with Crippen LogP contribution in [0.25, 0.3) is 0 Å². The van der Waals surface area contributed by atoms with Gasteiger partial charge in [-0.05, 0) is 25.0 Å². The Bertz CT molecular complexity index is 678. The normalized spacial score (nSPS) is 11.9. The van der Waals surface area contributed by atoms with Gasteiger partial charge in [-0.25, -0.2) is 0 Å². The van der Waals surface area contributed by atoms with Crippen LogP contribution in [0.3, 0.4) is 0 Å². The molecule has 6 nitrogen and oxygen atoms in total. The van der Waals surface area contributed by atoms with Gasteiger partial charge in [0.2, 0.25) is 5.91 Å². The molecule has 0 saturated heterocycles. The van der Waals surface area contributed by atoms with Gasteiger partial charge in [0.1, 0.15) is 5.76 Å². The van der Waals surface area contributed by atoms with Crippen LogP contribution in [0.5, 0.6) is 0 Å². The minimum Gasteiger partial charge on any atom is -0.481 e. The van der Waals surface area contributed by atoms with E-state index in [9.17, 15) is 9.59 Å². The zero-order chi connectivity index (χ0) is 16.1. The molecule has 0 bridgehead atoms. The molecule has 1 unspecified atom stereocenters. The van der Waals surface area contributed by atoms with Crippen LogP contribution in [-0.4, -0.2) is 22.1 Å². The molecule has 0 radical (unpaired) electrons. The van der Waals surface area contributed by atoms with E-state index in [-0.39, 0.29) is 18.7 Å². The number of amides is 1. The van der Waals surface area contributed by atoms with Crippen LogP contribution >= 0.6 is 0 Å². The third kappa shape index (κ3) is 4.18. The van der Waals surface area contributed by atoms with Gasteiger partial charge in [0.05, 0.1) is 24.6 Å². The van der Waals surface area contributed by atoms with E-state index in [1.807, 2.05) is 31.2 Å². The van der Waals surface area contributed by atoms with Crippen molar-refractivity contribution in [2.45, 2.75) is 32.7 Å². The summed E-state index contributed by atoms with van der Waals surface area (Å²) in [5, 5.41) is 15.6. The van der Waals surface area contributed by atoms with Crippen molar-refractivity contribution in [1.29, 1.82) is 0 Å². The molecule has 0 spiro atoms. The summed E-state index contributed by atoms with van der Waals surface area (Å²) in [5.41, 5.74) is 2.26. The lowest BCUT2D eigenvalue weighted by molar-refractivity contribution is -0.137. The maximum absolute atomic E-state index is 12.1. The number of hydrogen-bond donors (Lipinski definition) is 2. The second-order valence-corrected chi connectivity index (χ2v) is 5.18. The van der Waals surface area contributed by atoms with Crippen LogP contribution in [0.2, 0.25) is 0 Å². The number of carbonyl (C=O) groups is 2. The average molecular weight is 302 g/mol. The first kappa shape index (κ1) is 15.8. The summed E-state index contributed by atoms with van der Waals surface area (Å²) in [5.74, 6) is -0.627. The number of aromatic nitrogens is 1. The van der Waals surface area contributed by atoms with Gasteiger partial charge < -0.3 is 14.9 Å². The first-order chi connectivity index (χ1) is 10.5. The van der Waals surface area contributed by atoms with E-state index >= 15 is 0 Å². The van der Waals surface area contributed by atoms with Gasteiger partial charge in [-0.3, -0.25) is 9.59 Å². The number of carboxylic acids is 1. The van der Waals surface area contributed by atoms with E-state index in [1.54, 1.807) is 13.0 Å². The van der Waals surface area contributed by atoms with Crippen molar-refractivity contribution >= 4 is 11.9 Å². The van der Waals surface area contributed by atoms with Crippen molar-refractivity contribution in [3.05, 3.63) is 52.9 Å². The van der Waals surface area contributed by atoms with Gasteiger partial charge in [-0.15, -0.1) is 0 Å². The zero-order valence-electron chi connectivity index (χ0n) is 12.5. The monoisotopic (exact) mass is 302 g/mol. The predicted molar refractivity (Wildman–Crippen MR) is 79.3 cm³/mol. The fraction of sp³-hybridized carbons (Fsp3) is 0.312. The lowest BCUT2D eigenvalue weighted by Crippen LogP contribution is -2.31. The number of hydrogen-bond acceptors (Lipinski definition) is 4. The molecule has 116 valence electrons. The highest BCUT2D eigenvalue weighted by atomic mass is 16.5. The number of carbonyl (C=O) groups excluding carboxylic acids is 1.